The normalized spacial score (nSPS) is 14.3. The van der Waals surface area contributed by atoms with Gasteiger partial charge in [0.25, 0.3) is 0 Å². The van der Waals surface area contributed by atoms with Gasteiger partial charge in [-0.15, -0.1) is 0 Å². The number of ether oxygens (including phenoxy) is 2. The molecule has 0 spiro atoms. The number of halogens is 1. The molecule has 8 nitrogen and oxygen atoms in total. The van der Waals surface area contributed by atoms with E-state index in [1.165, 1.54) is 12.1 Å². The zero-order valence-corrected chi connectivity index (χ0v) is 16.8. The number of benzene rings is 1. The molecule has 0 aliphatic carbocycles. The number of aromatic nitrogens is 2. The third-order valence-electron chi connectivity index (χ3n) is 4.83. The number of hydrogen-bond donors (Lipinski definition) is 0. The summed E-state index contributed by atoms with van der Waals surface area (Å²) < 4.78 is 25.8. The number of carbonyl (C=O) groups is 1. The third-order valence-corrected chi connectivity index (χ3v) is 4.83. The average Bonchev–Trinajstić information content (AvgIpc) is 3.15. The van der Waals surface area contributed by atoms with Crippen LogP contribution in [-0.4, -0.2) is 40.0 Å². The summed E-state index contributed by atoms with van der Waals surface area (Å²) in [5.41, 5.74) is 1.03. The number of hydrogen-bond acceptors (Lipinski definition) is 6. The van der Waals surface area contributed by atoms with E-state index < -0.39 is 5.82 Å². The lowest BCUT2D eigenvalue weighted by molar-refractivity contribution is 0.0652. The number of carbonyl (C=O) groups excluding carboxylic acids is 1. The molecule has 0 saturated carbocycles. The summed E-state index contributed by atoms with van der Waals surface area (Å²) in [6.07, 6.45) is 2.37. The first-order valence-electron chi connectivity index (χ1n) is 9.67. The van der Waals surface area contributed by atoms with Crippen molar-refractivity contribution in [3.05, 3.63) is 47.0 Å². The molecule has 1 aliphatic rings. The van der Waals surface area contributed by atoms with Crippen LogP contribution in [0.15, 0.2) is 24.4 Å². The number of nitrogens with zero attached hydrogens (tertiary/aromatic N) is 5. The van der Waals surface area contributed by atoms with Gasteiger partial charge in [-0.05, 0) is 44.9 Å². The van der Waals surface area contributed by atoms with E-state index in [9.17, 15) is 14.4 Å². The Balaban J connectivity index is 1.66. The quantitative estimate of drug-likeness (QED) is 0.745. The molecule has 1 aromatic carbocycles. The largest absolute Gasteiger partial charge is 0.487 e. The molecular weight excluding hydrogens is 389 g/mol. The Hall–Kier alpha value is -3.59. The van der Waals surface area contributed by atoms with Crippen LogP contribution in [0.2, 0.25) is 0 Å². The van der Waals surface area contributed by atoms with Crippen LogP contribution in [0.1, 0.15) is 49.6 Å². The molecule has 9 heteroatoms. The molecular formula is C21H22FN5O3. The third kappa shape index (κ3) is 4.69. The van der Waals surface area contributed by atoms with Crippen molar-refractivity contribution in [3.63, 3.8) is 0 Å². The molecule has 0 bridgehead atoms. The summed E-state index contributed by atoms with van der Waals surface area (Å²) in [6.45, 7) is 4.69. The highest BCUT2D eigenvalue weighted by Gasteiger charge is 2.27. The predicted octanol–water partition coefficient (Wildman–Crippen LogP) is 3.53. The van der Waals surface area contributed by atoms with E-state index in [0.29, 0.717) is 37.2 Å². The Morgan fingerprint density at radius 1 is 1.30 bits per heavy atom. The van der Waals surface area contributed by atoms with Crippen LogP contribution in [0, 0.1) is 28.5 Å². The Morgan fingerprint density at radius 3 is 2.67 bits per heavy atom. The van der Waals surface area contributed by atoms with E-state index in [0.717, 1.165) is 6.07 Å². The number of piperidine rings is 1. The summed E-state index contributed by atoms with van der Waals surface area (Å²) in [7, 11) is 0. The second-order valence-electron chi connectivity index (χ2n) is 7.27. The van der Waals surface area contributed by atoms with Gasteiger partial charge in [0, 0.05) is 18.7 Å². The standard InChI is InChI=1S/C21H22FN5O3/c1-14(2)30-21(28)26-7-5-18(6-8-26)27-19(11-24)16(12-25-27)13-29-20-4-3-17(22)9-15(20)10-23/h3-4,9,12,14,18H,5-8,13H2,1-2H3. The van der Waals surface area contributed by atoms with E-state index >= 15 is 0 Å². The van der Waals surface area contributed by atoms with Gasteiger partial charge in [0.05, 0.1) is 23.9 Å². The number of rotatable bonds is 5. The van der Waals surface area contributed by atoms with E-state index in [1.807, 2.05) is 19.9 Å². The maximum Gasteiger partial charge on any atom is 0.410 e. The lowest BCUT2D eigenvalue weighted by Crippen LogP contribution is -2.40. The smallest absolute Gasteiger partial charge is 0.410 e. The second kappa shape index (κ2) is 9.27. The zero-order valence-electron chi connectivity index (χ0n) is 16.8. The molecule has 1 aromatic heterocycles. The minimum absolute atomic E-state index is 0.0167. The van der Waals surface area contributed by atoms with Crippen molar-refractivity contribution in [3.8, 4) is 17.9 Å². The van der Waals surface area contributed by atoms with Gasteiger partial charge >= 0.3 is 6.09 Å². The van der Waals surface area contributed by atoms with Crippen molar-refractivity contribution in [1.82, 2.24) is 14.7 Å². The van der Waals surface area contributed by atoms with Gasteiger partial charge in [-0.2, -0.15) is 15.6 Å². The van der Waals surface area contributed by atoms with Gasteiger partial charge in [-0.25, -0.2) is 9.18 Å². The van der Waals surface area contributed by atoms with Crippen molar-refractivity contribution in [2.75, 3.05) is 13.1 Å². The monoisotopic (exact) mass is 411 g/mol. The molecule has 0 N–H and O–H groups in total. The molecule has 1 fully saturated rings. The van der Waals surface area contributed by atoms with Crippen LogP contribution in [0.4, 0.5) is 9.18 Å². The first kappa shape index (κ1) is 21.1. The van der Waals surface area contributed by atoms with Gasteiger partial charge in [0.2, 0.25) is 0 Å². The SMILES string of the molecule is CC(C)OC(=O)N1CCC(n2ncc(COc3ccc(F)cc3C#N)c2C#N)CC1. The minimum atomic E-state index is -0.520. The van der Waals surface area contributed by atoms with Crippen molar-refractivity contribution in [1.29, 1.82) is 10.5 Å². The molecule has 1 aliphatic heterocycles. The highest BCUT2D eigenvalue weighted by molar-refractivity contribution is 5.67. The number of likely N-dealkylation sites (tertiary alicyclic amines) is 1. The van der Waals surface area contributed by atoms with Crippen LogP contribution >= 0.6 is 0 Å². The van der Waals surface area contributed by atoms with Crippen LogP contribution in [-0.2, 0) is 11.3 Å². The molecule has 2 heterocycles. The summed E-state index contributed by atoms with van der Waals surface area (Å²) in [6, 6.07) is 7.73. The van der Waals surface area contributed by atoms with Crippen LogP contribution in [0.5, 0.6) is 5.75 Å². The maximum absolute atomic E-state index is 13.3. The van der Waals surface area contributed by atoms with Gasteiger partial charge < -0.3 is 14.4 Å². The predicted molar refractivity (Wildman–Crippen MR) is 104 cm³/mol. The first-order valence-corrected chi connectivity index (χ1v) is 9.67. The molecule has 3 rings (SSSR count). The van der Waals surface area contributed by atoms with Crippen molar-refractivity contribution in [2.24, 2.45) is 0 Å². The van der Waals surface area contributed by atoms with Gasteiger partial charge in [0.15, 0.2) is 0 Å². The molecule has 0 unspecified atom stereocenters. The lowest BCUT2D eigenvalue weighted by Gasteiger charge is -2.32. The Bertz CT molecular complexity index is 997. The Kier molecular flexibility index (Phi) is 6.53. The highest BCUT2D eigenvalue weighted by atomic mass is 19.1. The van der Waals surface area contributed by atoms with Crippen LogP contribution < -0.4 is 4.74 Å². The van der Waals surface area contributed by atoms with Crippen LogP contribution in [0.3, 0.4) is 0 Å². The number of amides is 1. The minimum Gasteiger partial charge on any atom is -0.487 e. The van der Waals surface area contributed by atoms with Crippen molar-refractivity contribution < 1.29 is 18.7 Å². The number of nitriles is 2. The van der Waals surface area contributed by atoms with E-state index in [4.69, 9.17) is 14.7 Å². The van der Waals surface area contributed by atoms with Crippen molar-refractivity contribution >= 4 is 6.09 Å². The van der Waals surface area contributed by atoms with Gasteiger partial charge in [-0.3, -0.25) is 4.68 Å². The molecule has 1 saturated heterocycles. The van der Waals surface area contributed by atoms with E-state index in [2.05, 4.69) is 11.2 Å². The fraction of sp³-hybridized carbons (Fsp3) is 0.429. The summed E-state index contributed by atoms with van der Waals surface area (Å²) in [5, 5.41) is 23.1. The van der Waals surface area contributed by atoms with E-state index in [-0.39, 0.29) is 36.2 Å². The summed E-state index contributed by atoms with van der Waals surface area (Å²) in [5.74, 6) is -0.277. The summed E-state index contributed by atoms with van der Waals surface area (Å²) >= 11 is 0. The molecule has 30 heavy (non-hydrogen) atoms. The Morgan fingerprint density at radius 2 is 2.03 bits per heavy atom. The molecule has 0 atom stereocenters. The van der Waals surface area contributed by atoms with Crippen molar-refractivity contribution in [2.45, 2.75) is 45.4 Å². The molecule has 0 radical (unpaired) electrons. The first-order chi connectivity index (χ1) is 14.4. The molecule has 1 amide bonds. The average molecular weight is 411 g/mol. The zero-order chi connectivity index (χ0) is 21.7. The Labute approximate surface area is 174 Å². The lowest BCUT2D eigenvalue weighted by atomic mass is 10.1. The van der Waals surface area contributed by atoms with Gasteiger partial charge in [-0.1, -0.05) is 0 Å². The molecule has 156 valence electrons. The van der Waals surface area contributed by atoms with Crippen LogP contribution in [0.25, 0.3) is 0 Å². The summed E-state index contributed by atoms with van der Waals surface area (Å²) in [4.78, 5) is 13.7. The molecule has 2 aromatic rings. The topological polar surface area (TPSA) is 104 Å². The maximum atomic E-state index is 13.3. The van der Waals surface area contributed by atoms with Gasteiger partial charge in [0.1, 0.15) is 36.0 Å². The van der Waals surface area contributed by atoms with E-state index in [1.54, 1.807) is 15.8 Å². The highest BCUT2D eigenvalue weighted by Crippen LogP contribution is 2.26. The fourth-order valence-corrected chi connectivity index (χ4v) is 3.34. The second-order valence-corrected chi connectivity index (χ2v) is 7.27. The fourth-order valence-electron chi connectivity index (χ4n) is 3.34.